The van der Waals surface area contributed by atoms with E-state index in [0.717, 1.165) is 37.8 Å². The SMILES string of the molecule is CC(C)c1oc(-c2cccc(C(F)(F)F)c2)nc1COC1CCCC(C(=O)NC2(C(=O)O)CCCC2)C1. The van der Waals surface area contributed by atoms with Crippen LogP contribution in [0.25, 0.3) is 11.5 Å². The topological polar surface area (TPSA) is 102 Å². The van der Waals surface area contributed by atoms with Gasteiger partial charge in [0.2, 0.25) is 11.8 Å². The fourth-order valence-corrected chi connectivity index (χ4v) is 5.31. The number of benzene rings is 1. The lowest BCUT2D eigenvalue weighted by atomic mass is 9.85. The van der Waals surface area contributed by atoms with Gasteiger partial charge in [0.05, 0.1) is 18.3 Å². The molecule has 0 spiro atoms. The summed E-state index contributed by atoms with van der Waals surface area (Å²) in [6.45, 7) is 3.92. The summed E-state index contributed by atoms with van der Waals surface area (Å²) in [4.78, 5) is 29.2. The highest BCUT2D eigenvalue weighted by atomic mass is 19.4. The molecule has 2 atom stereocenters. The van der Waals surface area contributed by atoms with E-state index in [0.29, 0.717) is 37.1 Å². The van der Waals surface area contributed by atoms with Crippen LogP contribution in [0.4, 0.5) is 13.2 Å². The Hall–Kier alpha value is -2.88. The molecule has 2 N–H and O–H groups in total. The van der Waals surface area contributed by atoms with Crippen LogP contribution in [-0.2, 0) is 27.1 Å². The lowest BCUT2D eigenvalue weighted by Crippen LogP contribution is -2.54. The Morgan fingerprint density at radius 2 is 1.95 bits per heavy atom. The van der Waals surface area contributed by atoms with Crippen LogP contribution in [-0.4, -0.2) is 33.6 Å². The first kappa shape index (κ1) is 27.2. The van der Waals surface area contributed by atoms with Crippen molar-refractivity contribution in [1.29, 1.82) is 0 Å². The number of hydrogen-bond donors (Lipinski definition) is 2. The van der Waals surface area contributed by atoms with E-state index in [2.05, 4.69) is 10.3 Å². The van der Waals surface area contributed by atoms with E-state index in [1.54, 1.807) is 0 Å². The van der Waals surface area contributed by atoms with Crippen LogP contribution in [0.2, 0.25) is 0 Å². The Morgan fingerprint density at radius 1 is 1.22 bits per heavy atom. The number of nitrogens with zero attached hydrogens (tertiary/aromatic N) is 1. The van der Waals surface area contributed by atoms with E-state index >= 15 is 0 Å². The lowest BCUT2D eigenvalue weighted by Gasteiger charge is -2.32. The van der Waals surface area contributed by atoms with Crippen LogP contribution < -0.4 is 5.32 Å². The van der Waals surface area contributed by atoms with Crippen molar-refractivity contribution in [2.24, 2.45) is 5.92 Å². The number of carboxylic acid groups (broad SMARTS) is 1. The third kappa shape index (κ3) is 6.17. The second kappa shape index (κ2) is 10.8. The zero-order valence-corrected chi connectivity index (χ0v) is 21.1. The molecule has 0 radical (unpaired) electrons. The van der Waals surface area contributed by atoms with Crippen molar-refractivity contribution in [2.45, 2.75) is 95.6 Å². The molecule has 2 unspecified atom stereocenters. The van der Waals surface area contributed by atoms with Crippen LogP contribution in [0, 0.1) is 5.92 Å². The van der Waals surface area contributed by atoms with E-state index in [4.69, 9.17) is 9.15 Å². The highest BCUT2D eigenvalue weighted by molar-refractivity contribution is 5.88. The molecule has 2 fully saturated rings. The van der Waals surface area contributed by atoms with Crippen LogP contribution in [0.3, 0.4) is 0 Å². The number of alkyl halides is 3. The van der Waals surface area contributed by atoms with E-state index in [-0.39, 0.29) is 41.9 Å². The van der Waals surface area contributed by atoms with Crippen molar-refractivity contribution < 1.29 is 37.0 Å². The molecule has 202 valence electrons. The van der Waals surface area contributed by atoms with Crippen molar-refractivity contribution in [3.8, 4) is 11.5 Å². The zero-order valence-electron chi connectivity index (χ0n) is 21.1. The van der Waals surface area contributed by atoms with Crippen molar-refractivity contribution in [1.82, 2.24) is 10.3 Å². The number of rotatable bonds is 8. The molecule has 2 aliphatic rings. The predicted octanol–water partition coefficient (Wildman–Crippen LogP) is 6.07. The molecule has 1 aromatic heterocycles. The molecule has 2 saturated carbocycles. The summed E-state index contributed by atoms with van der Waals surface area (Å²) in [6, 6.07) is 4.86. The molecular weight excluding hydrogens is 489 g/mol. The summed E-state index contributed by atoms with van der Waals surface area (Å²) in [5, 5.41) is 12.5. The monoisotopic (exact) mass is 522 g/mol. The standard InChI is InChI=1S/C27H33F3N2O5/c1-16(2)22-21(31-24(37-22)18-8-5-9-19(13-18)27(28,29)30)15-36-20-10-6-7-17(14-20)23(33)32-26(25(34)35)11-3-4-12-26/h5,8-9,13,16-17,20H,3-4,6-7,10-12,14-15H2,1-2H3,(H,32,33)(H,34,35). The minimum absolute atomic E-state index is 0.0610. The summed E-state index contributed by atoms with van der Waals surface area (Å²) in [6.07, 6.45) is 0.418. The van der Waals surface area contributed by atoms with Crippen LogP contribution >= 0.6 is 0 Å². The van der Waals surface area contributed by atoms with Gasteiger partial charge in [-0.15, -0.1) is 0 Å². The second-order valence-electron chi connectivity index (χ2n) is 10.4. The van der Waals surface area contributed by atoms with E-state index in [1.807, 2.05) is 13.8 Å². The molecule has 1 aromatic carbocycles. The Balaban J connectivity index is 1.42. The van der Waals surface area contributed by atoms with Crippen molar-refractivity contribution in [3.63, 3.8) is 0 Å². The van der Waals surface area contributed by atoms with Gasteiger partial charge in [-0.25, -0.2) is 9.78 Å². The summed E-state index contributed by atoms with van der Waals surface area (Å²) in [5.41, 5.74) is -1.19. The maximum atomic E-state index is 13.2. The first-order valence-corrected chi connectivity index (χ1v) is 12.8. The summed E-state index contributed by atoms with van der Waals surface area (Å²) < 4.78 is 51.4. The molecule has 2 aliphatic carbocycles. The molecular formula is C27H33F3N2O5. The third-order valence-corrected chi connectivity index (χ3v) is 7.37. The molecule has 0 aliphatic heterocycles. The van der Waals surface area contributed by atoms with Crippen LogP contribution in [0.15, 0.2) is 28.7 Å². The minimum atomic E-state index is -4.47. The fourth-order valence-electron chi connectivity index (χ4n) is 5.31. The normalized spacial score (nSPS) is 21.8. The number of aliphatic carboxylic acids is 1. The fraction of sp³-hybridized carbons (Fsp3) is 0.593. The Morgan fingerprint density at radius 3 is 2.59 bits per heavy atom. The molecule has 2 aromatic rings. The highest BCUT2D eigenvalue weighted by Gasteiger charge is 2.44. The van der Waals surface area contributed by atoms with Gasteiger partial charge in [0, 0.05) is 17.4 Å². The molecule has 0 bridgehead atoms. The number of amides is 1. The van der Waals surface area contributed by atoms with Crippen molar-refractivity contribution in [3.05, 3.63) is 41.3 Å². The van der Waals surface area contributed by atoms with Crippen molar-refractivity contribution in [2.75, 3.05) is 0 Å². The number of aromatic nitrogens is 1. The number of oxazole rings is 1. The largest absolute Gasteiger partial charge is 0.480 e. The number of halogens is 3. The van der Waals surface area contributed by atoms with Gasteiger partial charge in [-0.2, -0.15) is 13.2 Å². The maximum Gasteiger partial charge on any atom is 0.416 e. The maximum absolute atomic E-state index is 13.2. The quantitative estimate of drug-likeness (QED) is 0.436. The average molecular weight is 523 g/mol. The molecule has 10 heteroatoms. The Bertz CT molecular complexity index is 1120. The number of ether oxygens (including phenoxy) is 1. The Labute approximate surface area is 213 Å². The minimum Gasteiger partial charge on any atom is -0.480 e. The van der Waals surface area contributed by atoms with Gasteiger partial charge >= 0.3 is 12.1 Å². The van der Waals surface area contributed by atoms with Gasteiger partial charge in [-0.1, -0.05) is 39.2 Å². The van der Waals surface area contributed by atoms with Gasteiger partial charge < -0.3 is 19.6 Å². The molecule has 4 rings (SSSR count). The number of hydrogen-bond acceptors (Lipinski definition) is 5. The first-order valence-electron chi connectivity index (χ1n) is 12.8. The van der Waals surface area contributed by atoms with Gasteiger partial charge in [-0.3, -0.25) is 4.79 Å². The first-order chi connectivity index (χ1) is 17.5. The molecule has 7 nitrogen and oxygen atoms in total. The Kier molecular flexibility index (Phi) is 7.96. The zero-order chi connectivity index (χ0) is 26.8. The van der Waals surface area contributed by atoms with Crippen molar-refractivity contribution >= 4 is 11.9 Å². The van der Waals surface area contributed by atoms with E-state index < -0.39 is 23.2 Å². The van der Waals surface area contributed by atoms with Crippen LogP contribution in [0.5, 0.6) is 0 Å². The average Bonchev–Trinajstić information content (AvgIpc) is 3.51. The van der Waals surface area contributed by atoms with Crippen LogP contribution in [0.1, 0.15) is 88.1 Å². The highest BCUT2D eigenvalue weighted by Crippen LogP contribution is 2.35. The van der Waals surface area contributed by atoms with E-state index in [9.17, 15) is 27.9 Å². The lowest BCUT2D eigenvalue weighted by molar-refractivity contribution is -0.148. The molecule has 0 saturated heterocycles. The molecule has 1 amide bonds. The summed E-state index contributed by atoms with van der Waals surface area (Å²) in [7, 11) is 0. The number of carboxylic acids is 1. The van der Waals surface area contributed by atoms with Gasteiger partial charge in [-0.05, 0) is 50.3 Å². The smallest absolute Gasteiger partial charge is 0.416 e. The van der Waals surface area contributed by atoms with Gasteiger partial charge in [0.15, 0.2) is 0 Å². The predicted molar refractivity (Wildman–Crippen MR) is 129 cm³/mol. The summed E-state index contributed by atoms with van der Waals surface area (Å²) >= 11 is 0. The van der Waals surface area contributed by atoms with E-state index in [1.165, 1.54) is 12.1 Å². The molecule has 1 heterocycles. The second-order valence-corrected chi connectivity index (χ2v) is 10.4. The number of carbonyl (C=O) groups is 2. The molecule has 37 heavy (non-hydrogen) atoms. The third-order valence-electron chi connectivity index (χ3n) is 7.37. The number of carbonyl (C=O) groups excluding carboxylic acids is 1. The van der Waals surface area contributed by atoms with Gasteiger partial charge in [0.1, 0.15) is 17.0 Å². The number of nitrogens with one attached hydrogen (secondary N) is 1. The van der Waals surface area contributed by atoms with Gasteiger partial charge in [0.25, 0.3) is 0 Å². The summed E-state index contributed by atoms with van der Waals surface area (Å²) in [5.74, 6) is -0.973.